The third-order valence-corrected chi connectivity index (χ3v) is 3.86. The normalized spacial score (nSPS) is 22.4. The molecule has 1 N–H and O–H groups in total. The Morgan fingerprint density at radius 3 is 2.95 bits per heavy atom. The Balaban J connectivity index is 2.02. The lowest BCUT2D eigenvalue weighted by Gasteiger charge is -2.19. The standard InChI is InChI=1S/C14H17FN2O3/c15-9-1-4-17(8-9)13-7-11(14(18)19)10-2-5-20-6-3-12(10)16-13/h7,9H,1-6,8H2,(H,18,19)/t9-/m0/s1. The molecule has 0 bridgehead atoms. The SMILES string of the molecule is O=C(O)c1cc(N2CC[C@H](F)C2)nc2c1CCOCC2. The summed E-state index contributed by atoms with van der Waals surface area (Å²) < 4.78 is 18.7. The molecule has 3 heterocycles. The number of halogens is 1. The van der Waals surface area contributed by atoms with Gasteiger partial charge in [-0.1, -0.05) is 0 Å². The van der Waals surface area contributed by atoms with E-state index >= 15 is 0 Å². The molecule has 6 heteroatoms. The van der Waals surface area contributed by atoms with Crippen LogP contribution in [0, 0.1) is 0 Å². The van der Waals surface area contributed by atoms with Crippen molar-refractivity contribution in [3.8, 4) is 0 Å². The Labute approximate surface area is 116 Å². The molecule has 0 radical (unpaired) electrons. The van der Waals surface area contributed by atoms with Gasteiger partial charge in [0, 0.05) is 18.7 Å². The lowest BCUT2D eigenvalue weighted by molar-refractivity contribution is 0.0695. The molecule has 0 saturated carbocycles. The van der Waals surface area contributed by atoms with Crippen molar-refractivity contribution in [2.75, 3.05) is 31.2 Å². The van der Waals surface area contributed by atoms with Gasteiger partial charge in [-0.15, -0.1) is 0 Å². The number of aromatic carboxylic acids is 1. The fourth-order valence-corrected chi connectivity index (χ4v) is 2.82. The molecule has 0 aliphatic carbocycles. The van der Waals surface area contributed by atoms with E-state index in [1.165, 1.54) is 0 Å². The molecule has 5 nitrogen and oxygen atoms in total. The van der Waals surface area contributed by atoms with Gasteiger partial charge in [0.1, 0.15) is 12.0 Å². The van der Waals surface area contributed by atoms with Crippen LogP contribution in [0.15, 0.2) is 6.07 Å². The molecule has 108 valence electrons. The monoisotopic (exact) mass is 280 g/mol. The number of anilines is 1. The second kappa shape index (κ2) is 5.36. The fraction of sp³-hybridized carbons (Fsp3) is 0.571. The second-order valence-electron chi connectivity index (χ2n) is 5.20. The number of rotatable bonds is 2. The summed E-state index contributed by atoms with van der Waals surface area (Å²) in [6.45, 7) is 1.95. The molecule has 1 saturated heterocycles. The van der Waals surface area contributed by atoms with E-state index in [2.05, 4.69) is 4.98 Å². The number of hydrogen-bond acceptors (Lipinski definition) is 4. The lowest BCUT2D eigenvalue weighted by atomic mass is 10.0. The van der Waals surface area contributed by atoms with Crippen molar-refractivity contribution in [3.05, 3.63) is 22.9 Å². The maximum absolute atomic E-state index is 13.3. The average molecular weight is 280 g/mol. The van der Waals surface area contributed by atoms with E-state index in [0.29, 0.717) is 51.4 Å². The Kier molecular flexibility index (Phi) is 3.56. The summed E-state index contributed by atoms with van der Waals surface area (Å²) in [5, 5.41) is 9.39. The maximum atomic E-state index is 13.3. The molecule has 1 aromatic heterocycles. The van der Waals surface area contributed by atoms with Gasteiger partial charge in [0.2, 0.25) is 0 Å². The number of carbonyl (C=O) groups is 1. The largest absolute Gasteiger partial charge is 0.478 e. The van der Waals surface area contributed by atoms with Gasteiger partial charge in [-0.25, -0.2) is 14.2 Å². The average Bonchev–Trinajstić information content (AvgIpc) is 2.72. The highest BCUT2D eigenvalue weighted by Crippen LogP contribution is 2.26. The molecule has 0 unspecified atom stereocenters. The molecule has 2 aliphatic heterocycles. The first-order valence-corrected chi connectivity index (χ1v) is 6.88. The highest BCUT2D eigenvalue weighted by molar-refractivity contribution is 5.90. The molecular formula is C14H17FN2O3. The Morgan fingerprint density at radius 1 is 1.45 bits per heavy atom. The van der Waals surface area contributed by atoms with Crippen LogP contribution in [0.5, 0.6) is 0 Å². The van der Waals surface area contributed by atoms with Gasteiger partial charge in [0.15, 0.2) is 0 Å². The number of alkyl halides is 1. The summed E-state index contributed by atoms with van der Waals surface area (Å²) in [5.74, 6) is -0.383. The predicted octanol–water partition coefficient (Wildman–Crippen LogP) is 1.44. The van der Waals surface area contributed by atoms with Crippen molar-refractivity contribution in [1.29, 1.82) is 0 Å². The minimum absolute atomic E-state index is 0.276. The van der Waals surface area contributed by atoms with Crippen LogP contribution in [0.1, 0.15) is 28.0 Å². The first kappa shape index (κ1) is 13.3. The van der Waals surface area contributed by atoms with E-state index in [1.807, 2.05) is 4.90 Å². The van der Waals surface area contributed by atoms with Gasteiger partial charge >= 0.3 is 5.97 Å². The number of carboxylic acid groups (broad SMARTS) is 1. The number of fused-ring (bicyclic) bond motifs is 1. The number of ether oxygens (including phenoxy) is 1. The second-order valence-corrected chi connectivity index (χ2v) is 5.20. The minimum atomic E-state index is -0.956. The molecule has 0 amide bonds. The number of aromatic nitrogens is 1. The third kappa shape index (κ3) is 2.47. The Bertz CT molecular complexity index is 535. The molecule has 1 atom stereocenters. The third-order valence-electron chi connectivity index (χ3n) is 3.86. The quantitative estimate of drug-likeness (QED) is 0.888. The van der Waals surface area contributed by atoms with E-state index in [0.717, 1.165) is 11.3 Å². The van der Waals surface area contributed by atoms with Crippen LogP contribution in [0.4, 0.5) is 10.2 Å². The van der Waals surface area contributed by atoms with Crippen LogP contribution in [0.3, 0.4) is 0 Å². The summed E-state index contributed by atoms with van der Waals surface area (Å²) in [7, 11) is 0. The predicted molar refractivity (Wildman–Crippen MR) is 71.1 cm³/mol. The lowest BCUT2D eigenvalue weighted by Crippen LogP contribution is -2.23. The first-order chi connectivity index (χ1) is 9.65. The molecule has 1 aromatic rings. The van der Waals surface area contributed by atoms with E-state index in [-0.39, 0.29) is 5.56 Å². The molecule has 0 aromatic carbocycles. The van der Waals surface area contributed by atoms with Crippen molar-refractivity contribution < 1.29 is 19.0 Å². The van der Waals surface area contributed by atoms with Gasteiger partial charge in [0.05, 0.1) is 25.3 Å². The van der Waals surface area contributed by atoms with Gasteiger partial charge in [-0.2, -0.15) is 0 Å². The van der Waals surface area contributed by atoms with E-state index in [4.69, 9.17) is 4.74 Å². The highest BCUT2D eigenvalue weighted by Gasteiger charge is 2.26. The van der Waals surface area contributed by atoms with Gasteiger partial charge in [0.25, 0.3) is 0 Å². The summed E-state index contributed by atoms with van der Waals surface area (Å²) in [5.41, 5.74) is 1.81. The smallest absolute Gasteiger partial charge is 0.336 e. The van der Waals surface area contributed by atoms with Gasteiger partial charge in [-0.05, 0) is 24.5 Å². The van der Waals surface area contributed by atoms with E-state index in [9.17, 15) is 14.3 Å². The molecule has 2 aliphatic rings. The zero-order chi connectivity index (χ0) is 14.1. The molecule has 0 spiro atoms. The Hall–Kier alpha value is -1.69. The number of pyridine rings is 1. The zero-order valence-electron chi connectivity index (χ0n) is 11.1. The summed E-state index contributed by atoms with van der Waals surface area (Å²) in [4.78, 5) is 17.8. The molecule has 1 fully saturated rings. The van der Waals surface area contributed by atoms with Crippen LogP contribution in [-0.4, -0.2) is 48.5 Å². The van der Waals surface area contributed by atoms with Crippen LogP contribution in [-0.2, 0) is 17.6 Å². The summed E-state index contributed by atoms with van der Waals surface area (Å²) in [6.07, 6.45) is 0.795. The zero-order valence-corrected chi connectivity index (χ0v) is 11.1. The van der Waals surface area contributed by atoms with Crippen molar-refractivity contribution in [2.24, 2.45) is 0 Å². The molecular weight excluding hydrogens is 263 g/mol. The van der Waals surface area contributed by atoms with Crippen molar-refractivity contribution in [3.63, 3.8) is 0 Å². The topological polar surface area (TPSA) is 62.7 Å². The van der Waals surface area contributed by atoms with E-state index in [1.54, 1.807) is 6.07 Å². The van der Waals surface area contributed by atoms with Gasteiger partial charge in [-0.3, -0.25) is 0 Å². The van der Waals surface area contributed by atoms with Crippen LogP contribution in [0.25, 0.3) is 0 Å². The molecule has 20 heavy (non-hydrogen) atoms. The molecule has 3 rings (SSSR count). The van der Waals surface area contributed by atoms with Crippen molar-refractivity contribution >= 4 is 11.8 Å². The Morgan fingerprint density at radius 2 is 2.25 bits per heavy atom. The van der Waals surface area contributed by atoms with Crippen molar-refractivity contribution in [2.45, 2.75) is 25.4 Å². The number of carboxylic acids is 1. The van der Waals surface area contributed by atoms with Crippen LogP contribution >= 0.6 is 0 Å². The first-order valence-electron chi connectivity index (χ1n) is 6.88. The van der Waals surface area contributed by atoms with Crippen molar-refractivity contribution in [1.82, 2.24) is 4.98 Å². The number of hydrogen-bond donors (Lipinski definition) is 1. The minimum Gasteiger partial charge on any atom is -0.478 e. The maximum Gasteiger partial charge on any atom is 0.336 e. The van der Waals surface area contributed by atoms with Gasteiger partial charge < -0.3 is 14.7 Å². The number of nitrogens with zero attached hydrogens (tertiary/aromatic N) is 2. The highest BCUT2D eigenvalue weighted by atomic mass is 19.1. The summed E-state index contributed by atoms with van der Waals surface area (Å²) in [6, 6.07) is 1.57. The van der Waals surface area contributed by atoms with Crippen LogP contribution in [0.2, 0.25) is 0 Å². The summed E-state index contributed by atoms with van der Waals surface area (Å²) >= 11 is 0. The van der Waals surface area contributed by atoms with E-state index < -0.39 is 12.1 Å². The fourth-order valence-electron chi connectivity index (χ4n) is 2.82. The van der Waals surface area contributed by atoms with Crippen LogP contribution < -0.4 is 4.90 Å².